The Kier molecular flexibility index (Phi) is 4.04. The van der Waals surface area contributed by atoms with Gasteiger partial charge in [0.1, 0.15) is 5.82 Å². The highest BCUT2D eigenvalue weighted by molar-refractivity contribution is 6.31. The Balaban J connectivity index is 2.24. The van der Waals surface area contributed by atoms with Crippen LogP contribution in [0.2, 0.25) is 10.3 Å². The second kappa shape index (κ2) is 5.55. The predicted octanol–water partition coefficient (Wildman–Crippen LogP) is 4.26. The van der Waals surface area contributed by atoms with Gasteiger partial charge in [0.25, 0.3) is 0 Å². The minimum atomic E-state index is 0.0448. The van der Waals surface area contributed by atoms with E-state index in [9.17, 15) is 0 Å². The van der Waals surface area contributed by atoms with Gasteiger partial charge in [-0.1, -0.05) is 29.8 Å². The van der Waals surface area contributed by atoms with Crippen molar-refractivity contribution in [2.45, 2.75) is 19.9 Å². The highest BCUT2D eigenvalue weighted by atomic mass is 35.5. The summed E-state index contributed by atoms with van der Waals surface area (Å²) in [6.07, 6.45) is 1.69. The van der Waals surface area contributed by atoms with Crippen molar-refractivity contribution < 1.29 is 0 Å². The Morgan fingerprint density at radius 2 is 1.94 bits per heavy atom. The second-order valence-corrected chi connectivity index (χ2v) is 4.80. The molecule has 94 valence electrons. The normalized spacial score (nSPS) is 12.2. The van der Waals surface area contributed by atoms with Crippen molar-refractivity contribution in [3.63, 3.8) is 0 Å². The number of nitrogens with zero attached hydrogens (tertiary/aromatic N) is 2. The molecule has 0 saturated heterocycles. The molecule has 3 nitrogen and oxygen atoms in total. The molecular weight excluding hydrogens is 269 g/mol. The molecule has 1 aromatic heterocycles. The number of rotatable bonds is 3. The van der Waals surface area contributed by atoms with E-state index in [1.807, 2.05) is 38.1 Å². The Bertz CT molecular complexity index is 558. The first-order valence-corrected chi connectivity index (χ1v) is 6.33. The summed E-state index contributed by atoms with van der Waals surface area (Å²) in [6, 6.07) is 7.76. The van der Waals surface area contributed by atoms with Crippen LogP contribution in [0.3, 0.4) is 0 Å². The van der Waals surface area contributed by atoms with Gasteiger partial charge in [-0.2, -0.15) is 0 Å². The Morgan fingerprint density at radius 3 is 2.67 bits per heavy atom. The van der Waals surface area contributed by atoms with Crippen LogP contribution in [0.25, 0.3) is 0 Å². The maximum atomic E-state index is 6.16. The lowest BCUT2D eigenvalue weighted by Crippen LogP contribution is -2.10. The van der Waals surface area contributed by atoms with Crippen LogP contribution < -0.4 is 5.32 Å². The van der Waals surface area contributed by atoms with Crippen LogP contribution >= 0.6 is 23.2 Å². The molecule has 1 unspecified atom stereocenters. The van der Waals surface area contributed by atoms with Gasteiger partial charge in [0.15, 0.2) is 0 Å². The van der Waals surface area contributed by atoms with Crippen molar-refractivity contribution in [1.29, 1.82) is 0 Å². The summed E-state index contributed by atoms with van der Waals surface area (Å²) < 4.78 is 0. The van der Waals surface area contributed by atoms with Crippen molar-refractivity contribution >= 4 is 29.0 Å². The number of anilines is 1. The molecule has 1 heterocycles. The third-order valence-electron chi connectivity index (χ3n) is 2.67. The number of nitrogens with one attached hydrogen (secondary N) is 1. The molecule has 0 aliphatic carbocycles. The number of hydrogen-bond donors (Lipinski definition) is 1. The fourth-order valence-electron chi connectivity index (χ4n) is 1.68. The van der Waals surface area contributed by atoms with Crippen molar-refractivity contribution in [2.75, 3.05) is 5.32 Å². The highest BCUT2D eigenvalue weighted by Crippen LogP contribution is 2.26. The van der Waals surface area contributed by atoms with E-state index in [0.717, 1.165) is 22.0 Å². The van der Waals surface area contributed by atoms with Gasteiger partial charge in [-0.15, -0.1) is 0 Å². The van der Waals surface area contributed by atoms with Crippen molar-refractivity contribution in [3.8, 4) is 0 Å². The third-order valence-corrected chi connectivity index (χ3v) is 3.19. The lowest BCUT2D eigenvalue weighted by molar-refractivity contribution is 0.868. The van der Waals surface area contributed by atoms with Crippen LogP contribution in [0, 0.1) is 6.92 Å². The molecule has 0 saturated carbocycles. The van der Waals surface area contributed by atoms with Crippen molar-refractivity contribution in [3.05, 3.63) is 51.9 Å². The summed E-state index contributed by atoms with van der Waals surface area (Å²) in [6.45, 7) is 3.95. The van der Waals surface area contributed by atoms with E-state index in [0.29, 0.717) is 0 Å². The predicted molar refractivity (Wildman–Crippen MR) is 75.3 cm³/mol. The summed E-state index contributed by atoms with van der Waals surface area (Å²) in [5.41, 5.74) is 1.96. The molecule has 0 fully saturated rings. The topological polar surface area (TPSA) is 37.8 Å². The van der Waals surface area contributed by atoms with Crippen LogP contribution in [0.15, 0.2) is 30.5 Å². The molecule has 0 aliphatic rings. The molecule has 2 rings (SSSR count). The monoisotopic (exact) mass is 281 g/mol. The van der Waals surface area contributed by atoms with Gasteiger partial charge in [0.05, 0.1) is 6.04 Å². The minimum absolute atomic E-state index is 0.0448. The van der Waals surface area contributed by atoms with Gasteiger partial charge < -0.3 is 5.32 Å². The standard InChI is InChI=1S/C13H13Cl2N3/c1-8-7-16-13(15)18-12(8)17-9(2)10-5-3-4-6-11(10)14/h3-7,9H,1-2H3,(H,16,17,18). The van der Waals surface area contributed by atoms with E-state index in [-0.39, 0.29) is 11.3 Å². The van der Waals surface area contributed by atoms with Crippen LogP contribution in [-0.2, 0) is 0 Å². The lowest BCUT2D eigenvalue weighted by atomic mass is 10.1. The molecule has 1 N–H and O–H groups in total. The fraction of sp³-hybridized carbons (Fsp3) is 0.231. The van der Waals surface area contributed by atoms with Crippen LogP contribution in [0.5, 0.6) is 0 Å². The first-order valence-electron chi connectivity index (χ1n) is 5.58. The molecule has 0 amide bonds. The van der Waals surface area contributed by atoms with Crippen LogP contribution in [0.4, 0.5) is 5.82 Å². The van der Waals surface area contributed by atoms with Crippen molar-refractivity contribution in [1.82, 2.24) is 9.97 Å². The largest absolute Gasteiger partial charge is 0.363 e. The SMILES string of the molecule is Cc1cnc(Cl)nc1NC(C)c1ccccc1Cl. The molecule has 0 bridgehead atoms. The Labute approximate surface area is 116 Å². The van der Waals surface area contributed by atoms with E-state index < -0.39 is 0 Å². The summed E-state index contributed by atoms with van der Waals surface area (Å²) in [7, 11) is 0. The molecule has 0 radical (unpaired) electrons. The van der Waals surface area contributed by atoms with Gasteiger partial charge in [-0.25, -0.2) is 9.97 Å². The molecule has 1 aromatic carbocycles. The summed E-state index contributed by atoms with van der Waals surface area (Å²) in [4.78, 5) is 8.09. The zero-order valence-electron chi connectivity index (χ0n) is 10.1. The smallest absolute Gasteiger partial charge is 0.224 e. The first-order chi connectivity index (χ1) is 8.58. The molecule has 0 spiro atoms. The van der Waals surface area contributed by atoms with Crippen LogP contribution in [-0.4, -0.2) is 9.97 Å². The summed E-state index contributed by atoms with van der Waals surface area (Å²) in [5.74, 6) is 0.724. The second-order valence-electron chi connectivity index (χ2n) is 4.06. The fourth-order valence-corrected chi connectivity index (χ4v) is 2.11. The third kappa shape index (κ3) is 2.92. The number of benzene rings is 1. The number of aryl methyl sites for hydroxylation is 1. The minimum Gasteiger partial charge on any atom is -0.363 e. The molecular formula is C13H13Cl2N3. The maximum absolute atomic E-state index is 6.16. The maximum Gasteiger partial charge on any atom is 0.224 e. The molecule has 0 aliphatic heterocycles. The van der Waals surface area contributed by atoms with Crippen molar-refractivity contribution in [2.24, 2.45) is 0 Å². The van der Waals surface area contributed by atoms with Gasteiger partial charge in [-0.05, 0) is 37.1 Å². The molecule has 5 heteroatoms. The highest BCUT2D eigenvalue weighted by Gasteiger charge is 2.11. The zero-order valence-corrected chi connectivity index (χ0v) is 11.6. The molecule has 1 atom stereocenters. The number of hydrogen-bond acceptors (Lipinski definition) is 3. The lowest BCUT2D eigenvalue weighted by Gasteiger charge is -2.17. The van der Waals surface area contributed by atoms with Crippen LogP contribution in [0.1, 0.15) is 24.1 Å². The number of aromatic nitrogens is 2. The summed E-state index contributed by atoms with van der Waals surface area (Å²) in [5, 5.41) is 4.25. The van der Waals surface area contributed by atoms with E-state index >= 15 is 0 Å². The van der Waals surface area contributed by atoms with E-state index in [2.05, 4.69) is 15.3 Å². The van der Waals surface area contributed by atoms with E-state index in [1.165, 1.54) is 0 Å². The average Bonchev–Trinajstić information content (AvgIpc) is 2.34. The van der Waals surface area contributed by atoms with Gasteiger partial charge in [0.2, 0.25) is 5.28 Å². The Morgan fingerprint density at radius 1 is 1.22 bits per heavy atom. The number of halogens is 2. The average molecular weight is 282 g/mol. The Hall–Kier alpha value is -1.32. The molecule has 2 aromatic rings. The van der Waals surface area contributed by atoms with E-state index in [1.54, 1.807) is 6.20 Å². The zero-order chi connectivity index (χ0) is 13.1. The van der Waals surface area contributed by atoms with Gasteiger partial charge in [-0.3, -0.25) is 0 Å². The quantitative estimate of drug-likeness (QED) is 0.854. The first kappa shape index (κ1) is 13.1. The van der Waals surface area contributed by atoms with Gasteiger partial charge in [0, 0.05) is 16.8 Å². The van der Waals surface area contributed by atoms with E-state index in [4.69, 9.17) is 23.2 Å². The summed E-state index contributed by atoms with van der Waals surface area (Å²) >= 11 is 11.9. The molecule has 18 heavy (non-hydrogen) atoms. The van der Waals surface area contributed by atoms with Gasteiger partial charge >= 0.3 is 0 Å².